The number of amides is 1. The average Bonchev–Trinajstić information content (AvgIpc) is 2.91. The van der Waals surface area contributed by atoms with E-state index >= 15 is 0 Å². The van der Waals surface area contributed by atoms with Crippen LogP contribution in [0.2, 0.25) is 0 Å². The molecule has 0 aliphatic rings. The molecule has 1 aromatic carbocycles. The van der Waals surface area contributed by atoms with Gasteiger partial charge in [-0.3, -0.25) is 9.48 Å². The molecule has 1 unspecified atom stereocenters. The van der Waals surface area contributed by atoms with Crippen molar-refractivity contribution in [1.29, 1.82) is 0 Å². The van der Waals surface area contributed by atoms with E-state index in [2.05, 4.69) is 15.4 Å². The summed E-state index contributed by atoms with van der Waals surface area (Å²) in [6.45, 7) is 2.55. The lowest BCUT2D eigenvalue weighted by Crippen LogP contribution is -2.35. The van der Waals surface area contributed by atoms with Crippen molar-refractivity contribution in [2.75, 3.05) is 6.26 Å². The van der Waals surface area contributed by atoms with E-state index in [9.17, 15) is 4.79 Å². The summed E-state index contributed by atoms with van der Waals surface area (Å²) in [6.07, 6.45) is 5.13. The lowest BCUT2D eigenvalue weighted by molar-refractivity contribution is 0.0936. The van der Waals surface area contributed by atoms with Crippen LogP contribution in [0.1, 0.15) is 17.3 Å². The van der Waals surface area contributed by atoms with Crippen LogP contribution in [-0.4, -0.2) is 33.0 Å². The highest BCUT2D eigenvalue weighted by molar-refractivity contribution is 7.98. The average molecular weight is 276 g/mol. The fourth-order valence-electron chi connectivity index (χ4n) is 1.70. The summed E-state index contributed by atoms with van der Waals surface area (Å²) in [5.74, 6) is -0.0692. The van der Waals surface area contributed by atoms with Gasteiger partial charge in [0.05, 0.1) is 6.54 Å². The Balaban J connectivity index is 1.92. The predicted molar refractivity (Wildman–Crippen MR) is 75.2 cm³/mol. The van der Waals surface area contributed by atoms with E-state index in [0.717, 1.165) is 4.90 Å². The molecule has 100 valence electrons. The molecule has 0 fully saturated rings. The number of hydrogen-bond acceptors (Lipinski definition) is 4. The van der Waals surface area contributed by atoms with Crippen LogP contribution in [0.25, 0.3) is 0 Å². The van der Waals surface area contributed by atoms with Gasteiger partial charge < -0.3 is 5.32 Å². The Morgan fingerprint density at radius 2 is 2.16 bits per heavy atom. The molecule has 2 rings (SSSR count). The molecule has 19 heavy (non-hydrogen) atoms. The predicted octanol–water partition coefficient (Wildman–Crippen LogP) is 1.82. The van der Waals surface area contributed by atoms with Crippen LogP contribution in [0, 0.1) is 0 Å². The number of nitrogens with zero attached hydrogens (tertiary/aromatic N) is 3. The van der Waals surface area contributed by atoms with Crippen molar-refractivity contribution < 1.29 is 4.79 Å². The third kappa shape index (κ3) is 3.82. The molecule has 0 bridgehead atoms. The lowest BCUT2D eigenvalue weighted by atomic mass is 10.2. The molecule has 2 aromatic rings. The Morgan fingerprint density at radius 1 is 1.42 bits per heavy atom. The second kappa shape index (κ2) is 6.38. The minimum absolute atomic E-state index is 0.00516. The van der Waals surface area contributed by atoms with Crippen molar-refractivity contribution in [2.24, 2.45) is 0 Å². The molecule has 6 heteroatoms. The number of nitrogens with one attached hydrogen (secondary N) is 1. The molecule has 0 spiro atoms. The fourth-order valence-corrected chi connectivity index (χ4v) is 2.11. The minimum Gasteiger partial charge on any atom is -0.348 e. The molecule has 0 saturated heterocycles. The van der Waals surface area contributed by atoms with E-state index in [1.807, 2.05) is 37.4 Å². The Bertz CT molecular complexity index is 524. The second-order valence-corrected chi connectivity index (χ2v) is 5.10. The molecule has 1 aromatic heterocycles. The van der Waals surface area contributed by atoms with Crippen LogP contribution < -0.4 is 5.32 Å². The maximum absolute atomic E-state index is 12.0. The zero-order chi connectivity index (χ0) is 13.7. The van der Waals surface area contributed by atoms with E-state index in [-0.39, 0.29) is 11.9 Å². The van der Waals surface area contributed by atoms with E-state index in [1.165, 1.54) is 6.33 Å². The largest absolute Gasteiger partial charge is 0.348 e. The van der Waals surface area contributed by atoms with Crippen LogP contribution >= 0.6 is 11.8 Å². The van der Waals surface area contributed by atoms with E-state index in [1.54, 1.807) is 22.8 Å². The maximum Gasteiger partial charge on any atom is 0.251 e. The van der Waals surface area contributed by atoms with Crippen molar-refractivity contribution in [2.45, 2.75) is 24.4 Å². The van der Waals surface area contributed by atoms with Crippen molar-refractivity contribution in [3.8, 4) is 0 Å². The molecule has 1 N–H and O–H groups in total. The summed E-state index contributed by atoms with van der Waals surface area (Å²) in [5.41, 5.74) is 0.670. The van der Waals surface area contributed by atoms with Gasteiger partial charge in [0.15, 0.2) is 0 Å². The van der Waals surface area contributed by atoms with Crippen LogP contribution in [0.5, 0.6) is 0 Å². The zero-order valence-corrected chi connectivity index (χ0v) is 11.7. The highest BCUT2D eigenvalue weighted by Crippen LogP contribution is 2.14. The van der Waals surface area contributed by atoms with Gasteiger partial charge in [0, 0.05) is 16.5 Å². The summed E-state index contributed by atoms with van der Waals surface area (Å²) in [5, 5.41) is 6.95. The molecule has 0 saturated carbocycles. The van der Waals surface area contributed by atoms with Crippen LogP contribution in [0.15, 0.2) is 41.8 Å². The van der Waals surface area contributed by atoms with Crippen molar-refractivity contribution in [3.05, 3.63) is 42.5 Å². The van der Waals surface area contributed by atoms with Gasteiger partial charge in [-0.1, -0.05) is 0 Å². The smallest absolute Gasteiger partial charge is 0.251 e. The van der Waals surface area contributed by atoms with Gasteiger partial charge >= 0.3 is 0 Å². The molecule has 0 aliphatic carbocycles. The summed E-state index contributed by atoms with van der Waals surface area (Å²) in [7, 11) is 0. The van der Waals surface area contributed by atoms with Gasteiger partial charge in [-0.15, -0.1) is 11.8 Å². The molecule has 0 aliphatic heterocycles. The molecular formula is C13H16N4OS. The van der Waals surface area contributed by atoms with Crippen LogP contribution in [0.3, 0.4) is 0 Å². The summed E-state index contributed by atoms with van der Waals surface area (Å²) in [4.78, 5) is 17.0. The minimum atomic E-state index is -0.0692. The van der Waals surface area contributed by atoms with Gasteiger partial charge in [-0.2, -0.15) is 5.10 Å². The Hall–Kier alpha value is -1.82. The van der Waals surface area contributed by atoms with Crippen molar-refractivity contribution in [3.63, 3.8) is 0 Å². The molecule has 0 radical (unpaired) electrons. The van der Waals surface area contributed by atoms with E-state index < -0.39 is 0 Å². The SMILES string of the molecule is CSc1ccc(C(=O)NC(C)Cn2cncn2)cc1. The number of carbonyl (C=O) groups excluding carboxylic acids is 1. The highest BCUT2D eigenvalue weighted by Gasteiger charge is 2.10. The first kappa shape index (κ1) is 13.6. The van der Waals surface area contributed by atoms with Gasteiger partial charge in [0.1, 0.15) is 12.7 Å². The Labute approximate surface area is 116 Å². The third-order valence-electron chi connectivity index (χ3n) is 2.66. The van der Waals surface area contributed by atoms with Crippen LogP contribution in [-0.2, 0) is 6.54 Å². The number of rotatable bonds is 5. The number of thioether (sulfide) groups is 1. The van der Waals surface area contributed by atoms with Crippen molar-refractivity contribution >= 4 is 17.7 Å². The normalized spacial score (nSPS) is 12.1. The molecular weight excluding hydrogens is 260 g/mol. The number of hydrogen-bond donors (Lipinski definition) is 1. The lowest BCUT2D eigenvalue weighted by Gasteiger charge is -2.13. The van der Waals surface area contributed by atoms with E-state index in [0.29, 0.717) is 12.1 Å². The third-order valence-corrected chi connectivity index (χ3v) is 3.40. The second-order valence-electron chi connectivity index (χ2n) is 4.22. The highest BCUT2D eigenvalue weighted by atomic mass is 32.2. The first-order valence-corrected chi connectivity index (χ1v) is 7.19. The number of benzene rings is 1. The first-order valence-electron chi connectivity index (χ1n) is 5.96. The summed E-state index contributed by atoms with van der Waals surface area (Å²) >= 11 is 1.66. The van der Waals surface area contributed by atoms with Gasteiger partial charge in [-0.05, 0) is 37.4 Å². The van der Waals surface area contributed by atoms with E-state index in [4.69, 9.17) is 0 Å². The molecule has 1 amide bonds. The van der Waals surface area contributed by atoms with Gasteiger partial charge in [-0.25, -0.2) is 4.98 Å². The zero-order valence-electron chi connectivity index (χ0n) is 10.9. The maximum atomic E-state index is 12.0. The standard InChI is InChI=1S/C13H16N4OS/c1-10(7-17-9-14-8-15-17)16-13(18)11-3-5-12(19-2)6-4-11/h3-6,8-10H,7H2,1-2H3,(H,16,18). The Morgan fingerprint density at radius 3 is 2.74 bits per heavy atom. The Kier molecular flexibility index (Phi) is 4.57. The quantitative estimate of drug-likeness (QED) is 0.846. The van der Waals surface area contributed by atoms with Crippen molar-refractivity contribution in [1.82, 2.24) is 20.1 Å². The van der Waals surface area contributed by atoms with Crippen LogP contribution in [0.4, 0.5) is 0 Å². The first-order chi connectivity index (χ1) is 9.19. The number of aromatic nitrogens is 3. The number of carbonyl (C=O) groups is 1. The fraction of sp³-hybridized carbons (Fsp3) is 0.308. The monoisotopic (exact) mass is 276 g/mol. The van der Waals surface area contributed by atoms with Gasteiger partial charge in [0.25, 0.3) is 5.91 Å². The molecule has 1 heterocycles. The molecule has 1 atom stereocenters. The molecule has 5 nitrogen and oxygen atoms in total. The topological polar surface area (TPSA) is 59.8 Å². The van der Waals surface area contributed by atoms with Gasteiger partial charge in [0.2, 0.25) is 0 Å². The summed E-state index contributed by atoms with van der Waals surface area (Å²) in [6, 6.07) is 7.56. The summed E-state index contributed by atoms with van der Waals surface area (Å²) < 4.78 is 1.70.